The van der Waals surface area contributed by atoms with E-state index in [1.165, 1.54) is 6.20 Å². The molecule has 4 aromatic rings. The van der Waals surface area contributed by atoms with Crippen LogP contribution >= 0.6 is 0 Å². The molecule has 0 saturated carbocycles. The van der Waals surface area contributed by atoms with E-state index in [9.17, 15) is 4.79 Å². The van der Waals surface area contributed by atoms with E-state index in [0.717, 1.165) is 22.0 Å². The molecule has 3 aromatic heterocycles. The van der Waals surface area contributed by atoms with Crippen molar-refractivity contribution in [2.24, 2.45) is 0 Å². The van der Waals surface area contributed by atoms with Crippen LogP contribution in [0, 0.1) is 0 Å². The fourth-order valence-electron chi connectivity index (χ4n) is 2.71. The minimum Gasteiger partial charge on any atom is -0.457 e. The van der Waals surface area contributed by atoms with E-state index in [1.807, 2.05) is 44.2 Å². The first kappa shape index (κ1) is 15.4. The number of hydrogen-bond acceptors (Lipinski definition) is 6. The zero-order valence-corrected chi connectivity index (χ0v) is 13.9. The maximum absolute atomic E-state index is 12.3. The molecule has 0 unspecified atom stereocenters. The van der Waals surface area contributed by atoms with Crippen molar-refractivity contribution in [1.82, 2.24) is 10.1 Å². The van der Waals surface area contributed by atoms with Gasteiger partial charge in [0.15, 0.2) is 0 Å². The zero-order chi connectivity index (χ0) is 17.4. The molecule has 0 saturated heterocycles. The maximum Gasteiger partial charge on any atom is 0.340 e. The Labute approximate surface area is 143 Å². The molecule has 0 aliphatic carbocycles. The molecule has 0 atom stereocenters. The number of pyridine rings is 1. The Morgan fingerprint density at radius 2 is 2.08 bits per heavy atom. The molecule has 3 heterocycles. The van der Waals surface area contributed by atoms with E-state index in [2.05, 4.69) is 10.1 Å². The second-order valence-electron chi connectivity index (χ2n) is 6.13. The summed E-state index contributed by atoms with van der Waals surface area (Å²) in [5, 5.41) is 5.71. The maximum atomic E-state index is 12.3. The van der Waals surface area contributed by atoms with Gasteiger partial charge in [-0.05, 0) is 24.1 Å². The van der Waals surface area contributed by atoms with Crippen LogP contribution in [-0.4, -0.2) is 16.1 Å². The van der Waals surface area contributed by atoms with Crippen molar-refractivity contribution in [1.29, 1.82) is 0 Å². The Hall–Kier alpha value is -3.15. The fourth-order valence-corrected chi connectivity index (χ4v) is 2.71. The summed E-state index contributed by atoms with van der Waals surface area (Å²) in [5.74, 6) is 0.298. The Kier molecular flexibility index (Phi) is 3.72. The molecule has 0 radical (unpaired) electrons. The number of esters is 1. The zero-order valence-electron chi connectivity index (χ0n) is 13.9. The number of benzene rings is 1. The molecule has 4 rings (SSSR count). The molecule has 6 nitrogen and oxygen atoms in total. The lowest BCUT2D eigenvalue weighted by molar-refractivity contribution is 0.0447. The van der Waals surface area contributed by atoms with Crippen LogP contribution in [0.2, 0.25) is 0 Å². The molecule has 0 aliphatic rings. The summed E-state index contributed by atoms with van der Waals surface area (Å²) in [4.78, 5) is 16.5. The van der Waals surface area contributed by atoms with Crippen LogP contribution in [0.5, 0.6) is 0 Å². The summed E-state index contributed by atoms with van der Waals surface area (Å²) < 4.78 is 16.2. The first-order valence-electron chi connectivity index (χ1n) is 8.01. The highest BCUT2D eigenvalue weighted by molar-refractivity contribution is 5.93. The Bertz CT molecular complexity index is 1030. The number of hydrogen-bond donors (Lipinski definition) is 0. The average Bonchev–Trinajstić information content (AvgIpc) is 3.22. The van der Waals surface area contributed by atoms with E-state index >= 15 is 0 Å². The molecule has 0 bridgehead atoms. The number of furan rings is 1. The quantitative estimate of drug-likeness (QED) is 0.512. The van der Waals surface area contributed by atoms with Crippen molar-refractivity contribution in [3.63, 3.8) is 0 Å². The van der Waals surface area contributed by atoms with Crippen LogP contribution < -0.4 is 0 Å². The first-order valence-corrected chi connectivity index (χ1v) is 8.01. The Morgan fingerprint density at radius 1 is 1.24 bits per heavy atom. The van der Waals surface area contributed by atoms with Gasteiger partial charge in [0.1, 0.15) is 18.0 Å². The van der Waals surface area contributed by atoms with Gasteiger partial charge >= 0.3 is 5.97 Å². The van der Waals surface area contributed by atoms with Crippen molar-refractivity contribution in [3.8, 4) is 0 Å². The molecule has 126 valence electrons. The number of nitrogens with zero attached hydrogens (tertiary/aromatic N) is 2. The number of rotatable bonds is 4. The van der Waals surface area contributed by atoms with Crippen LogP contribution in [0.15, 0.2) is 51.5 Å². The van der Waals surface area contributed by atoms with Crippen LogP contribution in [0.1, 0.15) is 41.6 Å². The molecule has 6 heteroatoms. The van der Waals surface area contributed by atoms with Gasteiger partial charge in [-0.2, -0.15) is 0 Å². The topological polar surface area (TPSA) is 78.4 Å². The third kappa shape index (κ3) is 2.87. The molecular weight excluding hydrogens is 320 g/mol. The summed E-state index contributed by atoms with van der Waals surface area (Å²) in [7, 11) is 0. The van der Waals surface area contributed by atoms with Gasteiger partial charge in [-0.25, -0.2) is 9.78 Å². The van der Waals surface area contributed by atoms with Crippen LogP contribution in [0.25, 0.3) is 22.1 Å². The summed E-state index contributed by atoms with van der Waals surface area (Å²) in [6.07, 6.45) is 1.43. The monoisotopic (exact) mass is 336 g/mol. The number of fused-ring (bicyclic) bond motifs is 2. The van der Waals surface area contributed by atoms with Crippen molar-refractivity contribution in [2.75, 3.05) is 0 Å². The van der Waals surface area contributed by atoms with Gasteiger partial charge in [0.25, 0.3) is 5.71 Å². The van der Waals surface area contributed by atoms with Gasteiger partial charge < -0.3 is 13.7 Å². The minimum atomic E-state index is -0.467. The first-order chi connectivity index (χ1) is 12.1. The second-order valence-corrected chi connectivity index (χ2v) is 6.13. The van der Waals surface area contributed by atoms with E-state index < -0.39 is 5.97 Å². The standard InChI is InChI=1S/C19H16N2O4/c1-11(2)17-15-8-13(9-20-18(15)25-21-17)19(22)23-10-14-7-12-5-3-4-6-16(12)24-14/h3-9,11H,10H2,1-2H3. The molecule has 0 aliphatic heterocycles. The van der Waals surface area contributed by atoms with Gasteiger partial charge in [0.05, 0.1) is 16.6 Å². The summed E-state index contributed by atoms with van der Waals surface area (Å²) >= 11 is 0. The number of para-hydroxylation sites is 1. The van der Waals surface area contributed by atoms with Crippen molar-refractivity contribution in [2.45, 2.75) is 26.4 Å². The third-order valence-corrected chi connectivity index (χ3v) is 3.96. The summed E-state index contributed by atoms with van der Waals surface area (Å²) in [6, 6.07) is 11.2. The lowest BCUT2D eigenvalue weighted by atomic mass is 10.1. The molecule has 0 amide bonds. The van der Waals surface area contributed by atoms with E-state index in [4.69, 9.17) is 13.7 Å². The third-order valence-electron chi connectivity index (χ3n) is 3.96. The van der Waals surface area contributed by atoms with E-state index in [1.54, 1.807) is 6.07 Å². The molecule has 0 spiro atoms. The summed E-state index contributed by atoms with van der Waals surface area (Å²) in [6.45, 7) is 4.07. The van der Waals surface area contributed by atoms with Crippen molar-refractivity contribution < 1.29 is 18.5 Å². The number of carbonyl (C=O) groups is 1. The molecule has 0 N–H and O–H groups in total. The molecule has 0 fully saturated rings. The van der Waals surface area contributed by atoms with Gasteiger partial charge in [-0.3, -0.25) is 0 Å². The normalized spacial score (nSPS) is 11.5. The Balaban J connectivity index is 1.54. The predicted molar refractivity (Wildman–Crippen MR) is 91.2 cm³/mol. The number of ether oxygens (including phenoxy) is 1. The van der Waals surface area contributed by atoms with Gasteiger partial charge in [-0.15, -0.1) is 0 Å². The number of carbonyl (C=O) groups excluding carboxylic acids is 1. The highest BCUT2D eigenvalue weighted by Crippen LogP contribution is 2.24. The van der Waals surface area contributed by atoms with Gasteiger partial charge in [0, 0.05) is 11.6 Å². The lowest BCUT2D eigenvalue weighted by Gasteiger charge is -2.03. The van der Waals surface area contributed by atoms with Crippen molar-refractivity contribution in [3.05, 3.63) is 59.6 Å². The van der Waals surface area contributed by atoms with E-state index in [0.29, 0.717) is 17.0 Å². The van der Waals surface area contributed by atoms with Crippen LogP contribution in [0.4, 0.5) is 0 Å². The van der Waals surface area contributed by atoms with Gasteiger partial charge in [0.2, 0.25) is 0 Å². The lowest BCUT2D eigenvalue weighted by Crippen LogP contribution is -2.05. The minimum absolute atomic E-state index is 0.0617. The molecule has 25 heavy (non-hydrogen) atoms. The predicted octanol–water partition coefficient (Wildman–Crippen LogP) is 4.45. The average molecular weight is 336 g/mol. The van der Waals surface area contributed by atoms with Crippen LogP contribution in [-0.2, 0) is 11.3 Å². The smallest absolute Gasteiger partial charge is 0.340 e. The molecule has 1 aromatic carbocycles. The summed E-state index contributed by atoms with van der Waals surface area (Å²) in [5.41, 5.74) is 2.31. The van der Waals surface area contributed by atoms with Crippen LogP contribution in [0.3, 0.4) is 0 Å². The van der Waals surface area contributed by atoms with E-state index in [-0.39, 0.29) is 12.5 Å². The molecular formula is C19H16N2O4. The van der Waals surface area contributed by atoms with Crippen molar-refractivity contribution >= 4 is 28.0 Å². The SMILES string of the molecule is CC(C)c1noc2ncc(C(=O)OCc3cc4ccccc4o3)cc12. The number of aromatic nitrogens is 2. The van der Waals surface area contributed by atoms with Gasteiger partial charge in [-0.1, -0.05) is 37.2 Å². The largest absolute Gasteiger partial charge is 0.457 e. The highest BCUT2D eigenvalue weighted by atomic mass is 16.5. The Morgan fingerprint density at radius 3 is 2.88 bits per heavy atom. The second kappa shape index (κ2) is 6.05. The highest BCUT2D eigenvalue weighted by Gasteiger charge is 2.17. The fraction of sp³-hybridized carbons (Fsp3) is 0.211.